The molecule has 0 aliphatic rings. The predicted molar refractivity (Wildman–Crippen MR) is 80.7 cm³/mol. The molecule has 2 rings (SSSR count). The van der Waals surface area contributed by atoms with E-state index in [0.29, 0.717) is 23.6 Å². The topological polar surface area (TPSA) is 47.6 Å². The lowest BCUT2D eigenvalue weighted by Gasteiger charge is -2.11. The van der Waals surface area contributed by atoms with Gasteiger partial charge >= 0.3 is 5.97 Å². The Balaban J connectivity index is 2.12. The maximum Gasteiger partial charge on any atom is 0.339 e. The molecule has 2 aromatic carbocycles. The van der Waals surface area contributed by atoms with Gasteiger partial charge < -0.3 is 14.7 Å². The van der Waals surface area contributed by atoms with E-state index in [-0.39, 0.29) is 5.97 Å². The Bertz CT molecular complexity index is 587. The monoisotopic (exact) mass is 269 g/mol. The van der Waals surface area contributed by atoms with Crippen LogP contribution in [-0.2, 0) is 11.3 Å². The average Bonchev–Trinajstić information content (AvgIpc) is 2.52. The fourth-order valence-corrected chi connectivity index (χ4v) is 1.85. The minimum Gasteiger partial charge on any atom is -0.489 e. The zero-order valence-electron chi connectivity index (χ0n) is 11.6. The summed E-state index contributed by atoms with van der Waals surface area (Å²) >= 11 is 0. The maximum absolute atomic E-state index is 11.6. The van der Waals surface area contributed by atoms with Gasteiger partial charge in [0.2, 0.25) is 7.98 Å². The van der Waals surface area contributed by atoms with Gasteiger partial charge in [-0.2, -0.15) is 0 Å². The van der Waals surface area contributed by atoms with Crippen molar-refractivity contribution in [3.05, 3.63) is 59.7 Å². The normalized spacial score (nSPS) is 9.85. The van der Waals surface area contributed by atoms with Crippen LogP contribution in [0.15, 0.2) is 48.5 Å². The molecule has 0 heterocycles. The first-order valence-electron chi connectivity index (χ1n) is 6.31. The van der Waals surface area contributed by atoms with Crippen LogP contribution in [0.4, 0.5) is 5.69 Å². The van der Waals surface area contributed by atoms with Gasteiger partial charge in [0.05, 0.1) is 12.7 Å². The van der Waals surface area contributed by atoms with E-state index in [0.717, 1.165) is 5.56 Å². The second kappa shape index (κ2) is 6.66. The van der Waals surface area contributed by atoms with E-state index in [1.54, 1.807) is 26.2 Å². The summed E-state index contributed by atoms with van der Waals surface area (Å²) in [7, 11) is 3.12. The molecule has 4 nitrogen and oxygen atoms in total. The fraction of sp³-hybridized carbons (Fsp3) is 0.133. The lowest BCUT2D eigenvalue weighted by atomic mass is 10.1. The van der Waals surface area contributed by atoms with E-state index in [9.17, 15) is 4.79 Å². The minimum absolute atomic E-state index is 0.371. The van der Waals surface area contributed by atoms with Crippen molar-refractivity contribution in [2.75, 3.05) is 12.3 Å². The van der Waals surface area contributed by atoms with Crippen LogP contribution in [0.1, 0.15) is 15.9 Å². The first-order valence-corrected chi connectivity index (χ1v) is 6.31. The van der Waals surface area contributed by atoms with Crippen LogP contribution in [0, 0.1) is 0 Å². The molecule has 0 aromatic heterocycles. The number of hydrogen-bond acceptors (Lipinski definition) is 4. The van der Waals surface area contributed by atoms with Crippen molar-refractivity contribution in [1.29, 1.82) is 0 Å². The third-order valence-corrected chi connectivity index (χ3v) is 2.91. The Morgan fingerprint density at radius 2 is 1.95 bits per heavy atom. The van der Waals surface area contributed by atoms with Gasteiger partial charge in [-0.25, -0.2) is 4.79 Å². The van der Waals surface area contributed by atoms with Gasteiger partial charge in [-0.3, -0.25) is 0 Å². The Hall–Kier alpha value is -2.43. The lowest BCUT2D eigenvalue weighted by molar-refractivity contribution is 0.0602. The van der Waals surface area contributed by atoms with E-state index in [2.05, 4.69) is 5.23 Å². The standard InChI is InChI=1S/C15H16BNO3/c1-19-15(18)13-8-7-12(9-14(13)17-16)20-10-11-5-3-2-4-6-11/h2-9,17H,10,16H2,1H3. The molecule has 0 aliphatic heterocycles. The fourth-order valence-electron chi connectivity index (χ4n) is 1.85. The molecular weight excluding hydrogens is 253 g/mol. The summed E-state index contributed by atoms with van der Waals surface area (Å²) in [5, 5.41) is 2.97. The summed E-state index contributed by atoms with van der Waals surface area (Å²) in [6, 6.07) is 15.1. The van der Waals surface area contributed by atoms with Crippen LogP contribution < -0.4 is 9.96 Å². The van der Waals surface area contributed by atoms with Gasteiger partial charge in [-0.15, -0.1) is 0 Å². The average molecular weight is 269 g/mol. The molecule has 0 unspecified atom stereocenters. The van der Waals surface area contributed by atoms with E-state index in [4.69, 9.17) is 9.47 Å². The largest absolute Gasteiger partial charge is 0.489 e. The summed E-state index contributed by atoms with van der Waals surface area (Å²) in [6.07, 6.45) is 0. The number of carbonyl (C=O) groups excluding carboxylic acids is 1. The molecule has 102 valence electrons. The number of benzene rings is 2. The summed E-state index contributed by atoms with van der Waals surface area (Å²) in [5.41, 5.74) is 2.26. The molecular formula is C15H16BNO3. The second-order valence-corrected chi connectivity index (χ2v) is 4.22. The third-order valence-electron chi connectivity index (χ3n) is 2.91. The molecule has 0 amide bonds. The van der Waals surface area contributed by atoms with Crippen molar-refractivity contribution in [3.63, 3.8) is 0 Å². The van der Waals surface area contributed by atoms with Crippen LogP contribution in [0.3, 0.4) is 0 Å². The van der Waals surface area contributed by atoms with Crippen molar-refractivity contribution in [3.8, 4) is 5.75 Å². The summed E-state index contributed by atoms with van der Waals surface area (Å²) in [4.78, 5) is 11.6. The molecule has 0 bridgehead atoms. The van der Waals surface area contributed by atoms with Crippen LogP contribution in [0.25, 0.3) is 0 Å². The highest BCUT2D eigenvalue weighted by molar-refractivity contribution is 6.17. The van der Waals surface area contributed by atoms with Crippen molar-refractivity contribution in [2.24, 2.45) is 0 Å². The van der Waals surface area contributed by atoms with Crippen molar-refractivity contribution < 1.29 is 14.3 Å². The van der Waals surface area contributed by atoms with Crippen LogP contribution in [-0.4, -0.2) is 21.1 Å². The Morgan fingerprint density at radius 3 is 2.60 bits per heavy atom. The Labute approximate surface area is 119 Å². The minimum atomic E-state index is -0.371. The quantitative estimate of drug-likeness (QED) is 0.666. The number of carbonyl (C=O) groups is 1. The molecule has 0 saturated carbocycles. The molecule has 20 heavy (non-hydrogen) atoms. The second-order valence-electron chi connectivity index (χ2n) is 4.22. The number of esters is 1. The van der Waals surface area contributed by atoms with Gasteiger partial charge in [-0.05, 0) is 17.7 Å². The van der Waals surface area contributed by atoms with Crippen molar-refractivity contribution in [2.45, 2.75) is 6.61 Å². The lowest BCUT2D eigenvalue weighted by Crippen LogP contribution is -2.06. The number of hydrogen-bond donors (Lipinski definition) is 1. The van der Waals surface area contributed by atoms with Gasteiger partial charge in [0.15, 0.2) is 0 Å². The number of rotatable bonds is 5. The highest BCUT2D eigenvalue weighted by Crippen LogP contribution is 2.23. The van der Waals surface area contributed by atoms with Crippen LogP contribution >= 0.6 is 0 Å². The van der Waals surface area contributed by atoms with Crippen molar-refractivity contribution in [1.82, 2.24) is 0 Å². The van der Waals surface area contributed by atoms with E-state index in [1.165, 1.54) is 7.11 Å². The molecule has 0 saturated heterocycles. The highest BCUT2D eigenvalue weighted by atomic mass is 16.5. The van der Waals surface area contributed by atoms with Crippen molar-refractivity contribution >= 4 is 19.6 Å². The number of anilines is 1. The summed E-state index contributed by atoms with van der Waals surface area (Å²) in [6.45, 7) is 0.488. The predicted octanol–water partition coefficient (Wildman–Crippen LogP) is 2.01. The van der Waals surface area contributed by atoms with Crippen LogP contribution in [0.2, 0.25) is 0 Å². The first kappa shape index (κ1) is 14.0. The Kier molecular flexibility index (Phi) is 4.66. The maximum atomic E-state index is 11.6. The van der Waals surface area contributed by atoms with E-state index >= 15 is 0 Å². The van der Waals surface area contributed by atoms with Gasteiger partial charge in [-0.1, -0.05) is 30.3 Å². The zero-order chi connectivity index (χ0) is 14.4. The molecule has 5 heteroatoms. The smallest absolute Gasteiger partial charge is 0.339 e. The molecule has 2 aromatic rings. The molecule has 0 spiro atoms. The Morgan fingerprint density at radius 1 is 1.20 bits per heavy atom. The number of ether oxygens (including phenoxy) is 2. The van der Waals surface area contributed by atoms with Gasteiger partial charge in [0, 0.05) is 11.8 Å². The molecule has 0 atom stereocenters. The van der Waals surface area contributed by atoms with Gasteiger partial charge in [0.1, 0.15) is 12.4 Å². The highest BCUT2D eigenvalue weighted by Gasteiger charge is 2.11. The number of methoxy groups -OCH3 is 1. The molecule has 1 N–H and O–H groups in total. The SMILES string of the molecule is BNc1cc(OCc2ccccc2)ccc1C(=O)OC. The van der Waals surface area contributed by atoms with E-state index < -0.39 is 0 Å². The number of nitrogens with one attached hydrogen (secondary N) is 1. The molecule has 0 radical (unpaired) electrons. The van der Waals surface area contributed by atoms with Crippen LogP contribution in [0.5, 0.6) is 5.75 Å². The molecule has 0 aliphatic carbocycles. The van der Waals surface area contributed by atoms with E-state index in [1.807, 2.05) is 30.3 Å². The summed E-state index contributed by atoms with van der Waals surface area (Å²) in [5.74, 6) is 0.329. The first-order chi connectivity index (χ1) is 9.74. The zero-order valence-corrected chi connectivity index (χ0v) is 11.6. The third kappa shape index (κ3) is 3.32. The summed E-state index contributed by atoms with van der Waals surface area (Å²) < 4.78 is 10.4. The van der Waals surface area contributed by atoms with Gasteiger partial charge in [0.25, 0.3) is 0 Å². The molecule has 0 fully saturated rings.